The van der Waals surface area contributed by atoms with Crippen LogP contribution in [0.4, 0.5) is 0 Å². The summed E-state index contributed by atoms with van der Waals surface area (Å²) < 4.78 is 53.9. The van der Waals surface area contributed by atoms with Crippen LogP contribution in [0.2, 0.25) is 0 Å². The van der Waals surface area contributed by atoms with Gasteiger partial charge in [0.2, 0.25) is 0 Å². The Kier molecular flexibility index (Phi) is 11.4. The van der Waals surface area contributed by atoms with Crippen molar-refractivity contribution in [1.29, 1.82) is 0 Å². The smallest absolute Gasteiger partial charge is 0.303 e. The van der Waals surface area contributed by atoms with E-state index in [9.17, 15) is 15.0 Å². The predicted molar refractivity (Wildman–Crippen MR) is 214 cm³/mol. The molecule has 9 aliphatic heterocycles. The highest BCUT2D eigenvalue weighted by Crippen LogP contribution is 2.55. The van der Waals surface area contributed by atoms with E-state index in [1.807, 2.05) is 18.2 Å². The van der Waals surface area contributed by atoms with E-state index in [1.165, 1.54) is 0 Å². The molecule has 2 bridgehead atoms. The van der Waals surface area contributed by atoms with Gasteiger partial charge in [0, 0.05) is 70.3 Å². The Bertz CT molecular complexity index is 1660. The number of aliphatic carboxylic acids is 1. The number of allylic oxidation sites excluding steroid dienone is 1. The van der Waals surface area contributed by atoms with Crippen molar-refractivity contribution < 1.29 is 58.0 Å². The van der Waals surface area contributed by atoms with Crippen LogP contribution in [0.15, 0.2) is 36.5 Å². The molecule has 13 heteroatoms. The first-order valence-electron chi connectivity index (χ1n) is 22.8. The number of aliphatic hydroxyl groups is 2. The first kappa shape index (κ1) is 42.5. The highest BCUT2D eigenvalue weighted by molar-refractivity contribution is 5.66. The van der Waals surface area contributed by atoms with Crippen LogP contribution in [-0.4, -0.2) is 112 Å². The topological polar surface area (TPSA) is 164 Å². The minimum Gasteiger partial charge on any atom is -0.481 e. The molecule has 0 amide bonds. The summed E-state index contributed by atoms with van der Waals surface area (Å²) in [7, 11) is 0. The molecule has 59 heavy (non-hydrogen) atoms. The van der Waals surface area contributed by atoms with E-state index in [4.69, 9.17) is 43.0 Å². The van der Waals surface area contributed by atoms with Crippen LogP contribution in [-0.2, 0) is 42.7 Å². The molecule has 330 valence electrons. The van der Waals surface area contributed by atoms with Gasteiger partial charge >= 0.3 is 5.97 Å². The number of rotatable bonds is 9. The molecule has 9 rings (SSSR count). The molecule has 0 aromatic carbocycles. The van der Waals surface area contributed by atoms with Gasteiger partial charge in [0.05, 0.1) is 42.7 Å². The number of hydrogen-bond acceptors (Lipinski definition) is 12. The Morgan fingerprint density at radius 3 is 2.51 bits per heavy atom. The minimum absolute atomic E-state index is 0.00556. The Balaban J connectivity index is 0.831. The molecule has 0 aromatic rings. The second-order valence-corrected chi connectivity index (χ2v) is 20.4. The molecule has 8 saturated heterocycles. The maximum Gasteiger partial charge on any atom is 0.303 e. The monoisotopic (exact) mass is 827 g/mol. The van der Waals surface area contributed by atoms with Crippen molar-refractivity contribution in [3.63, 3.8) is 0 Å². The van der Waals surface area contributed by atoms with Gasteiger partial charge in [0.15, 0.2) is 23.1 Å². The van der Waals surface area contributed by atoms with Crippen molar-refractivity contribution in [3.05, 3.63) is 36.5 Å². The van der Waals surface area contributed by atoms with Crippen LogP contribution in [0, 0.1) is 29.6 Å². The zero-order chi connectivity index (χ0) is 41.5. The second-order valence-electron chi connectivity index (χ2n) is 20.4. The average Bonchev–Trinajstić information content (AvgIpc) is 3.86. The number of ether oxygens (including phenoxy) is 8. The van der Waals surface area contributed by atoms with Gasteiger partial charge in [0.25, 0.3) is 0 Å². The zero-order valence-corrected chi connectivity index (χ0v) is 35.7. The molecule has 13 nitrogen and oxygen atoms in total. The van der Waals surface area contributed by atoms with Crippen molar-refractivity contribution in [3.8, 4) is 0 Å². The Hall–Kier alpha value is -1.75. The van der Waals surface area contributed by atoms with E-state index in [0.29, 0.717) is 69.1 Å². The standard InChI is InChI=1S/C46H69NO12/c1-26-19-35-40-37(24-44(57-40)30(5)18-27(2)25-47-44)55-43(22-26,54-35)23-29(4)39-28(3)13-15-45(51,58-39)41(50)36-21-34-33(52-36)20-31(6)46(56-34)17-16-42(59-46)14-9-11-32(53-42)10-7-8-12-38(48)49/h7,9-11,26-28,30-37,39-41,47,50-51H,4,8,12-25H2,1-3,5-6H3,(H,48,49)/b10-7+/t26-,27+,28-,30-,31+,32+,33+,34+,35+,36-,37+,39-,40+,41+,42-,43-,44-,45+,46+/m0/s1. The second kappa shape index (κ2) is 15.8. The number of carboxylic acids is 1. The summed E-state index contributed by atoms with van der Waals surface area (Å²) in [5.41, 5.74) is 0.397. The van der Waals surface area contributed by atoms with E-state index in [-0.39, 0.29) is 61.3 Å². The first-order valence-corrected chi connectivity index (χ1v) is 22.8. The van der Waals surface area contributed by atoms with Crippen LogP contribution in [0.1, 0.15) is 125 Å². The quantitative estimate of drug-likeness (QED) is 0.200. The van der Waals surface area contributed by atoms with Crippen molar-refractivity contribution in [2.75, 3.05) is 6.54 Å². The predicted octanol–water partition coefficient (Wildman–Crippen LogP) is 6.01. The molecule has 9 aliphatic rings. The number of carbonyl (C=O) groups is 1. The Labute approximate surface area is 349 Å². The van der Waals surface area contributed by atoms with Gasteiger partial charge < -0.3 is 53.2 Å². The van der Waals surface area contributed by atoms with E-state index in [1.54, 1.807) is 0 Å². The number of piperidine rings is 1. The van der Waals surface area contributed by atoms with Crippen LogP contribution >= 0.6 is 0 Å². The summed E-state index contributed by atoms with van der Waals surface area (Å²) in [6.07, 6.45) is 12.5. The SMILES string of the molecule is C=C(C[C@@]12C[C@@H](C)C[C@@H](O1)[C@H]1O[C@]3(C[C@H]1O2)NC[C@H](C)C[C@@H]3C)[C@H]1O[C@@](O)([C@H](O)[C@@H]2C[C@H]3O[C@@]4(CC[C@]5(CC=C[C@@H](/C=C/CCC(=O)O)O5)O4)[C@H](C)C[C@H]3O2)CC[C@@H]1C. The van der Waals surface area contributed by atoms with Crippen molar-refractivity contribution in [1.82, 2.24) is 5.32 Å². The lowest BCUT2D eigenvalue weighted by Crippen LogP contribution is -2.60. The van der Waals surface area contributed by atoms with E-state index >= 15 is 0 Å². The molecular weight excluding hydrogens is 759 g/mol. The lowest BCUT2D eigenvalue weighted by Gasteiger charge is -2.52. The third kappa shape index (κ3) is 7.96. The number of nitrogens with one attached hydrogen (secondary N) is 1. The van der Waals surface area contributed by atoms with Crippen molar-refractivity contribution in [2.24, 2.45) is 29.6 Å². The molecule has 4 N–H and O–H groups in total. The van der Waals surface area contributed by atoms with E-state index in [2.05, 4.69) is 52.6 Å². The van der Waals surface area contributed by atoms with Gasteiger partial charge in [-0.3, -0.25) is 10.1 Å². The summed E-state index contributed by atoms with van der Waals surface area (Å²) >= 11 is 0. The third-order valence-electron chi connectivity index (χ3n) is 15.5. The zero-order valence-electron chi connectivity index (χ0n) is 35.7. The summed E-state index contributed by atoms with van der Waals surface area (Å²) in [4.78, 5) is 10.9. The van der Waals surface area contributed by atoms with Crippen molar-refractivity contribution in [2.45, 2.75) is 208 Å². The molecule has 3 spiro atoms. The van der Waals surface area contributed by atoms with Crippen LogP contribution < -0.4 is 5.32 Å². The number of aliphatic hydroxyl groups excluding tert-OH is 1. The van der Waals surface area contributed by atoms with Crippen molar-refractivity contribution >= 4 is 5.97 Å². The normalized spacial score (nSPS) is 52.3. The fourth-order valence-electron chi connectivity index (χ4n) is 12.4. The molecule has 0 aromatic heterocycles. The minimum atomic E-state index is -1.84. The molecule has 19 atom stereocenters. The Morgan fingerprint density at radius 2 is 1.71 bits per heavy atom. The molecule has 0 radical (unpaired) electrons. The molecule has 9 heterocycles. The largest absolute Gasteiger partial charge is 0.481 e. The summed E-state index contributed by atoms with van der Waals surface area (Å²) in [5, 5.41) is 36.8. The summed E-state index contributed by atoms with van der Waals surface area (Å²) in [6.45, 7) is 16.5. The summed E-state index contributed by atoms with van der Waals surface area (Å²) in [6, 6.07) is 0. The summed E-state index contributed by atoms with van der Waals surface area (Å²) in [5.74, 6) is -3.82. The van der Waals surface area contributed by atoms with E-state index < -0.39 is 53.2 Å². The molecule has 0 aliphatic carbocycles. The average molecular weight is 828 g/mol. The highest BCUT2D eigenvalue weighted by Gasteiger charge is 2.64. The molecule has 0 unspecified atom stereocenters. The van der Waals surface area contributed by atoms with Gasteiger partial charge in [-0.15, -0.1) is 0 Å². The molecule has 0 saturated carbocycles. The first-order chi connectivity index (χ1) is 28.0. The maximum absolute atomic E-state index is 12.2. The number of hydrogen-bond donors (Lipinski definition) is 4. The van der Waals surface area contributed by atoms with Gasteiger partial charge in [-0.2, -0.15) is 0 Å². The third-order valence-corrected chi connectivity index (χ3v) is 15.5. The van der Waals surface area contributed by atoms with Crippen LogP contribution in [0.3, 0.4) is 0 Å². The fraction of sp³-hybridized carbons (Fsp3) is 0.848. The highest BCUT2D eigenvalue weighted by atomic mass is 16.8. The Morgan fingerprint density at radius 1 is 0.898 bits per heavy atom. The molecule has 8 fully saturated rings. The van der Waals surface area contributed by atoms with E-state index in [0.717, 1.165) is 37.8 Å². The van der Waals surface area contributed by atoms with Gasteiger partial charge in [-0.25, -0.2) is 0 Å². The number of fused-ring (bicyclic) bond motifs is 5. The van der Waals surface area contributed by atoms with Crippen LogP contribution in [0.25, 0.3) is 0 Å². The van der Waals surface area contributed by atoms with Gasteiger partial charge in [-0.05, 0) is 61.3 Å². The fourth-order valence-corrected chi connectivity index (χ4v) is 12.4. The van der Waals surface area contributed by atoms with Gasteiger partial charge in [0.1, 0.15) is 17.9 Å². The van der Waals surface area contributed by atoms with Crippen LogP contribution in [0.5, 0.6) is 0 Å². The maximum atomic E-state index is 12.2. The number of carboxylic acid groups (broad SMARTS) is 1. The molecular formula is C46H69NO12. The lowest BCUT2D eigenvalue weighted by molar-refractivity contribution is -0.366. The van der Waals surface area contributed by atoms with Gasteiger partial charge in [-0.1, -0.05) is 65.5 Å². The lowest BCUT2D eigenvalue weighted by atomic mass is 9.79.